The van der Waals surface area contributed by atoms with E-state index >= 15 is 0 Å². The Kier molecular flexibility index (Phi) is 13.1. The zero-order chi connectivity index (χ0) is 36.2. The lowest BCUT2D eigenvalue weighted by atomic mass is 9.85. The van der Waals surface area contributed by atoms with Crippen molar-refractivity contribution >= 4 is 66.2 Å². The molecule has 1 aliphatic rings. The van der Waals surface area contributed by atoms with E-state index in [2.05, 4.69) is 47.6 Å². The molecule has 0 saturated carbocycles. The van der Waals surface area contributed by atoms with E-state index in [4.69, 9.17) is 11.6 Å². The fourth-order valence-corrected chi connectivity index (χ4v) is 7.49. The molecule has 0 aromatic heterocycles. The lowest BCUT2D eigenvalue weighted by Gasteiger charge is -2.26. The monoisotopic (exact) mass is 757 g/mol. The number of anilines is 1. The molecule has 0 atom stereocenters. The predicted octanol–water partition coefficient (Wildman–Crippen LogP) is 7.44. The van der Waals surface area contributed by atoms with Gasteiger partial charge in [-0.1, -0.05) is 60.1 Å². The van der Waals surface area contributed by atoms with Gasteiger partial charge in [-0.15, -0.1) is 0 Å². The third-order valence-corrected chi connectivity index (χ3v) is 10.7. The smallest absolute Gasteiger partial charge is 0.294 e. The first kappa shape index (κ1) is 40.0. The molecule has 0 unspecified atom stereocenters. The summed E-state index contributed by atoms with van der Waals surface area (Å²) in [5.41, 5.74) is 9.30. The summed E-state index contributed by atoms with van der Waals surface area (Å²) in [6.45, 7) is 10.4. The Morgan fingerprint density at radius 1 is 0.824 bits per heavy atom. The molecule has 0 bridgehead atoms. The Labute approximate surface area is 316 Å². The number of hydrogen-bond acceptors (Lipinski definition) is 6. The number of hydrogen-bond donors (Lipinski definition) is 1. The molecule has 12 heteroatoms. The fraction of sp³-hybridized carbons (Fsp3) is 0.205. The van der Waals surface area contributed by atoms with Crippen LogP contribution >= 0.6 is 11.6 Å². The zero-order valence-electron chi connectivity index (χ0n) is 28.9. The quantitative estimate of drug-likeness (QED) is 0.0961. The normalized spacial score (nSPS) is 15.2. The van der Waals surface area contributed by atoms with Gasteiger partial charge in [-0.3, -0.25) is 4.55 Å². The van der Waals surface area contributed by atoms with Crippen LogP contribution in [0.3, 0.4) is 0 Å². The van der Waals surface area contributed by atoms with Gasteiger partial charge in [0.1, 0.15) is 16.7 Å². The molecule has 0 saturated heterocycles. The minimum Gasteiger partial charge on any atom is -0.744 e. The van der Waals surface area contributed by atoms with Crippen LogP contribution in [0.1, 0.15) is 48.6 Å². The molecule has 4 aromatic rings. The van der Waals surface area contributed by atoms with E-state index < -0.39 is 20.2 Å². The van der Waals surface area contributed by atoms with Crippen molar-refractivity contribution < 1.29 is 30.5 Å². The van der Waals surface area contributed by atoms with E-state index in [1.807, 2.05) is 62.4 Å². The molecule has 263 valence electrons. The molecule has 1 aliphatic carbocycles. The van der Waals surface area contributed by atoms with Gasteiger partial charge >= 0.3 is 0 Å². The second-order valence-electron chi connectivity index (χ2n) is 12.1. The first-order valence-corrected chi connectivity index (χ1v) is 19.4. The molecule has 0 spiro atoms. The third kappa shape index (κ3) is 9.56. The summed E-state index contributed by atoms with van der Waals surface area (Å²) in [6.07, 6.45) is 6.25. The number of halogens is 1. The second kappa shape index (κ2) is 16.7. The highest BCUT2D eigenvalue weighted by Gasteiger charge is 2.22. The second-order valence-corrected chi connectivity index (χ2v) is 15.3. The summed E-state index contributed by atoms with van der Waals surface area (Å²) in [7, 11) is -8.87. The van der Waals surface area contributed by atoms with E-state index in [0.717, 1.165) is 55.9 Å². The molecular weight excluding hydrogens is 719 g/mol. The molecule has 8 nitrogen and oxygen atoms in total. The molecule has 0 heterocycles. The van der Waals surface area contributed by atoms with E-state index in [0.29, 0.717) is 31.2 Å². The average molecular weight is 758 g/mol. The van der Waals surface area contributed by atoms with Gasteiger partial charge in [-0.05, 0) is 110 Å². The maximum absolute atomic E-state index is 11.7. The molecule has 4 aromatic carbocycles. The SMILES string of the molecule is CCN(Cc1cccc(S(=O)(=O)[O-])c1)c1ccc(C(=C2C=CC(=[N+](CC)Cc3cccc(S(=O)(=O)O)c3)C=C2C)c2ccccc2Cl)c(C)c1.[Al]. The number of benzene rings is 4. The van der Waals surface area contributed by atoms with Crippen molar-refractivity contribution in [3.8, 4) is 0 Å². The van der Waals surface area contributed by atoms with E-state index in [1.54, 1.807) is 12.1 Å². The number of aryl methyl sites for hydroxylation is 1. The van der Waals surface area contributed by atoms with Gasteiger partial charge in [0.05, 0.1) is 9.79 Å². The van der Waals surface area contributed by atoms with Crippen molar-refractivity contribution in [2.75, 3.05) is 18.0 Å². The first-order valence-electron chi connectivity index (χ1n) is 16.1. The predicted molar refractivity (Wildman–Crippen MR) is 204 cm³/mol. The zero-order valence-corrected chi connectivity index (χ0v) is 32.4. The number of allylic oxidation sites excluding steroid dienone is 5. The van der Waals surface area contributed by atoms with Gasteiger partial charge in [0.25, 0.3) is 10.1 Å². The highest BCUT2D eigenvalue weighted by molar-refractivity contribution is 7.86. The Hall–Kier alpha value is -3.79. The molecule has 0 fully saturated rings. The van der Waals surface area contributed by atoms with Crippen LogP contribution in [0.2, 0.25) is 5.02 Å². The minimum absolute atomic E-state index is 0. The van der Waals surface area contributed by atoms with Gasteiger partial charge in [0, 0.05) is 64.4 Å². The Morgan fingerprint density at radius 2 is 1.49 bits per heavy atom. The number of rotatable bonds is 11. The fourth-order valence-electron chi connectivity index (χ4n) is 6.17. The van der Waals surface area contributed by atoms with Crippen LogP contribution in [0, 0.1) is 6.92 Å². The van der Waals surface area contributed by atoms with E-state index in [9.17, 15) is 25.9 Å². The van der Waals surface area contributed by atoms with Crippen LogP contribution in [-0.2, 0) is 33.3 Å². The maximum Gasteiger partial charge on any atom is 0.294 e. The first-order chi connectivity index (χ1) is 23.7. The van der Waals surface area contributed by atoms with E-state index in [1.165, 1.54) is 24.3 Å². The van der Waals surface area contributed by atoms with Crippen LogP contribution in [0.5, 0.6) is 0 Å². The van der Waals surface area contributed by atoms with Crippen LogP contribution in [0.25, 0.3) is 5.57 Å². The Morgan fingerprint density at radius 3 is 2.10 bits per heavy atom. The molecule has 0 aliphatic heterocycles. The van der Waals surface area contributed by atoms with Gasteiger partial charge < -0.3 is 9.45 Å². The lowest BCUT2D eigenvalue weighted by Crippen LogP contribution is -2.22. The number of nitrogens with zero attached hydrogens (tertiary/aromatic N) is 2. The van der Waals surface area contributed by atoms with Gasteiger partial charge in [-0.2, -0.15) is 8.42 Å². The molecular formula is C39H39AlClN2O6S2. The van der Waals surface area contributed by atoms with Crippen molar-refractivity contribution in [1.29, 1.82) is 0 Å². The molecule has 3 radical (unpaired) electrons. The third-order valence-electron chi connectivity index (χ3n) is 8.73. The summed E-state index contributed by atoms with van der Waals surface area (Å²) in [5, 5.41) is 0.617. The highest BCUT2D eigenvalue weighted by Crippen LogP contribution is 2.38. The minimum atomic E-state index is -4.56. The average Bonchev–Trinajstić information content (AvgIpc) is 3.07. The molecule has 51 heavy (non-hydrogen) atoms. The van der Waals surface area contributed by atoms with Crippen LogP contribution in [0.4, 0.5) is 5.69 Å². The molecule has 5 rings (SSSR count). The van der Waals surface area contributed by atoms with Gasteiger partial charge in [-0.25, -0.2) is 13.0 Å². The van der Waals surface area contributed by atoms with E-state index in [-0.39, 0.29) is 27.2 Å². The Bertz CT molecular complexity index is 2300. The van der Waals surface area contributed by atoms with Crippen molar-refractivity contribution in [2.24, 2.45) is 0 Å². The lowest BCUT2D eigenvalue weighted by molar-refractivity contribution is -0.539. The molecule has 0 amide bonds. The van der Waals surface area contributed by atoms with Crippen molar-refractivity contribution in [1.82, 2.24) is 0 Å². The van der Waals surface area contributed by atoms with Crippen LogP contribution < -0.4 is 4.90 Å². The van der Waals surface area contributed by atoms with Crippen molar-refractivity contribution in [2.45, 2.75) is 50.6 Å². The van der Waals surface area contributed by atoms with Crippen molar-refractivity contribution in [3.63, 3.8) is 0 Å². The largest absolute Gasteiger partial charge is 0.744 e. The summed E-state index contributed by atoms with van der Waals surface area (Å²) < 4.78 is 69.9. The summed E-state index contributed by atoms with van der Waals surface area (Å²) in [5.74, 6) is 0. The van der Waals surface area contributed by atoms with Crippen LogP contribution in [-0.4, -0.2) is 66.7 Å². The Balaban J connectivity index is 0.00000583. The van der Waals surface area contributed by atoms with Gasteiger partial charge in [0.15, 0.2) is 12.3 Å². The molecule has 1 N–H and O–H groups in total. The summed E-state index contributed by atoms with van der Waals surface area (Å²) >= 11 is 6.84. The highest BCUT2D eigenvalue weighted by atomic mass is 35.5. The van der Waals surface area contributed by atoms with Gasteiger partial charge in [0.2, 0.25) is 0 Å². The summed E-state index contributed by atoms with van der Waals surface area (Å²) in [6, 6.07) is 26.4. The standard InChI is InChI=1S/C39H39ClN2O6S2.Al/c1-5-41(25-29-11-9-13-33(23-29)49(43,44)45)31-17-19-35(27(3)21-31)39(37-15-7-8-16-38(37)40)36-20-18-32(22-28(36)4)42(6-2)26-30-12-10-14-34(24-30)50(46,47)48;/h7-24H,5-6,25-26H2,1-4H3,(H-,43,44,45,46,47,48);. The summed E-state index contributed by atoms with van der Waals surface area (Å²) in [4.78, 5) is 1.74. The maximum atomic E-state index is 11.7. The van der Waals surface area contributed by atoms with Crippen molar-refractivity contribution in [3.05, 3.63) is 153 Å². The topological polar surface area (TPSA) is 118 Å². The van der Waals surface area contributed by atoms with Crippen LogP contribution in [0.15, 0.2) is 130 Å².